The summed E-state index contributed by atoms with van der Waals surface area (Å²) >= 11 is 0. The maximum absolute atomic E-state index is 12.7. The van der Waals surface area contributed by atoms with Gasteiger partial charge in [-0.1, -0.05) is 66.7 Å². The third-order valence-electron chi connectivity index (χ3n) is 3.68. The quantitative estimate of drug-likeness (QED) is 0.389. The van der Waals surface area contributed by atoms with Gasteiger partial charge < -0.3 is 10.4 Å². The van der Waals surface area contributed by atoms with Crippen molar-refractivity contribution in [1.82, 2.24) is 0 Å². The van der Waals surface area contributed by atoms with Crippen LogP contribution in [0.25, 0.3) is 5.76 Å². The fourth-order valence-corrected chi connectivity index (χ4v) is 2.35. The van der Waals surface area contributed by atoms with Crippen LogP contribution in [0.4, 0.5) is 11.4 Å². The van der Waals surface area contributed by atoms with Crippen molar-refractivity contribution in [2.45, 2.75) is 0 Å². The maximum atomic E-state index is 12.7. The molecule has 0 aromatic heterocycles. The number of rotatable bonds is 5. The van der Waals surface area contributed by atoms with Gasteiger partial charge >= 0.3 is 0 Å². The standard InChI is InChI=1S/C22H18N2O2/c25-21(17-10-4-1-5-11-17)20(16-23-18-12-6-2-7-13-18)22(26)24-19-14-8-3-9-15-19/h1-16,25H,(H,24,26)/b21-20-,23-16?. The van der Waals surface area contributed by atoms with E-state index in [1.165, 1.54) is 6.21 Å². The number of carbonyl (C=O) groups is 1. The van der Waals surface area contributed by atoms with E-state index in [1.807, 2.05) is 54.6 Å². The summed E-state index contributed by atoms with van der Waals surface area (Å²) in [4.78, 5) is 17.0. The number of aliphatic imine (C=N–C) groups is 1. The molecule has 0 aliphatic rings. The number of carbonyl (C=O) groups excluding carboxylic acids is 1. The van der Waals surface area contributed by atoms with Crippen LogP contribution in [-0.4, -0.2) is 17.2 Å². The fourth-order valence-electron chi connectivity index (χ4n) is 2.35. The minimum absolute atomic E-state index is 0.0870. The van der Waals surface area contributed by atoms with E-state index in [9.17, 15) is 9.90 Å². The Morgan fingerprint density at radius 2 is 1.35 bits per heavy atom. The maximum Gasteiger partial charge on any atom is 0.261 e. The third-order valence-corrected chi connectivity index (χ3v) is 3.68. The van der Waals surface area contributed by atoms with Crippen LogP contribution in [0.15, 0.2) is 102 Å². The second kappa shape index (κ2) is 8.44. The highest BCUT2D eigenvalue weighted by atomic mass is 16.3. The molecule has 0 saturated carbocycles. The largest absolute Gasteiger partial charge is 0.506 e. The van der Waals surface area contributed by atoms with Gasteiger partial charge in [0.1, 0.15) is 11.3 Å². The first-order valence-electron chi connectivity index (χ1n) is 8.18. The lowest BCUT2D eigenvalue weighted by atomic mass is 10.1. The summed E-state index contributed by atoms with van der Waals surface area (Å²) < 4.78 is 0. The summed E-state index contributed by atoms with van der Waals surface area (Å²) in [6.45, 7) is 0. The molecule has 0 bridgehead atoms. The van der Waals surface area contributed by atoms with Crippen LogP contribution >= 0.6 is 0 Å². The number of anilines is 1. The van der Waals surface area contributed by atoms with E-state index in [2.05, 4.69) is 10.3 Å². The molecule has 0 spiro atoms. The molecule has 0 saturated heterocycles. The van der Waals surface area contributed by atoms with Gasteiger partial charge in [0, 0.05) is 17.5 Å². The minimum Gasteiger partial charge on any atom is -0.506 e. The Kier molecular flexibility index (Phi) is 5.58. The van der Waals surface area contributed by atoms with E-state index in [4.69, 9.17) is 0 Å². The Balaban J connectivity index is 1.96. The number of nitrogens with one attached hydrogen (secondary N) is 1. The predicted molar refractivity (Wildman–Crippen MR) is 106 cm³/mol. The Hall–Kier alpha value is -3.66. The SMILES string of the molecule is O=C(Nc1ccccc1)/C(C=Nc1ccccc1)=C(\O)c1ccccc1. The summed E-state index contributed by atoms with van der Waals surface area (Å²) in [5.74, 6) is -0.559. The van der Waals surface area contributed by atoms with Crippen molar-refractivity contribution in [3.8, 4) is 0 Å². The van der Waals surface area contributed by atoms with Crippen LogP contribution in [0, 0.1) is 0 Å². The summed E-state index contributed by atoms with van der Waals surface area (Å²) in [7, 11) is 0. The molecule has 0 unspecified atom stereocenters. The van der Waals surface area contributed by atoms with Gasteiger partial charge in [0.25, 0.3) is 5.91 Å². The number of aliphatic hydroxyl groups is 1. The molecule has 4 nitrogen and oxygen atoms in total. The van der Waals surface area contributed by atoms with Gasteiger partial charge in [-0.25, -0.2) is 0 Å². The van der Waals surface area contributed by atoms with Crippen LogP contribution in [0.1, 0.15) is 5.56 Å². The van der Waals surface area contributed by atoms with E-state index in [0.29, 0.717) is 16.9 Å². The predicted octanol–water partition coefficient (Wildman–Crippen LogP) is 5.00. The first kappa shape index (κ1) is 17.2. The number of benzene rings is 3. The van der Waals surface area contributed by atoms with Crippen molar-refractivity contribution < 1.29 is 9.90 Å². The zero-order valence-electron chi connectivity index (χ0n) is 14.0. The van der Waals surface area contributed by atoms with Crippen LogP contribution in [0.5, 0.6) is 0 Å². The lowest BCUT2D eigenvalue weighted by Gasteiger charge is -2.09. The van der Waals surface area contributed by atoms with E-state index in [-0.39, 0.29) is 11.3 Å². The second-order valence-electron chi connectivity index (χ2n) is 5.54. The molecule has 4 heteroatoms. The van der Waals surface area contributed by atoms with Crippen LogP contribution in [0.3, 0.4) is 0 Å². The Morgan fingerprint density at radius 1 is 0.808 bits per heavy atom. The first-order valence-corrected chi connectivity index (χ1v) is 8.18. The summed E-state index contributed by atoms with van der Waals surface area (Å²) in [6.07, 6.45) is 1.38. The molecule has 0 aliphatic heterocycles. The zero-order valence-corrected chi connectivity index (χ0v) is 14.0. The molecule has 0 radical (unpaired) electrons. The molecule has 128 valence electrons. The van der Waals surface area contributed by atoms with Gasteiger partial charge in [-0.15, -0.1) is 0 Å². The monoisotopic (exact) mass is 342 g/mol. The number of nitrogens with zero attached hydrogens (tertiary/aromatic N) is 1. The van der Waals surface area contributed by atoms with Crippen molar-refractivity contribution in [2.75, 3.05) is 5.32 Å². The number of amides is 1. The summed E-state index contributed by atoms with van der Waals surface area (Å²) in [5.41, 5.74) is 1.97. The summed E-state index contributed by atoms with van der Waals surface area (Å²) in [6, 6.07) is 27.2. The topological polar surface area (TPSA) is 61.7 Å². The van der Waals surface area contributed by atoms with E-state index >= 15 is 0 Å². The zero-order chi connectivity index (χ0) is 18.2. The van der Waals surface area contributed by atoms with E-state index in [0.717, 1.165) is 0 Å². The van der Waals surface area contributed by atoms with Crippen LogP contribution in [0.2, 0.25) is 0 Å². The minimum atomic E-state index is -0.433. The van der Waals surface area contributed by atoms with Crippen LogP contribution < -0.4 is 5.32 Å². The second-order valence-corrected chi connectivity index (χ2v) is 5.54. The molecule has 3 rings (SSSR count). The molecule has 26 heavy (non-hydrogen) atoms. The van der Waals surface area contributed by atoms with Gasteiger partial charge in [0.05, 0.1) is 5.69 Å². The smallest absolute Gasteiger partial charge is 0.261 e. The summed E-state index contributed by atoms with van der Waals surface area (Å²) in [5, 5.41) is 13.4. The fraction of sp³-hybridized carbons (Fsp3) is 0. The molecule has 2 N–H and O–H groups in total. The number of para-hydroxylation sites is 2. The molecule has 3 aromatic carbocycles. The van der Waals surface area contributed by atoms with E-state index in [1.54, 1.807) is 36.4 Å². The van der Waals surface area contributed by atoms with Gasteiger partial charge in [0.15, 0.2) is 0 Å². The highest BCUT2D eigenvalue weighted by Crippen LogP contribution is 2.18. The average Bonchev–Trinajstić information content (AvgIpc) is 2.70. The van der Waals surface area contributed by atoms with Gasteiger partial charge in [-0.2, -0.15) is 0 Å². The average molecular weight is 342 g/mol. The lowest BCUT2D eigenvalue weighted by Crippen LogP contribution is -2.17. The normalized spacial score (nSPS) is 11.8. The molecular formula is C22H18N2O2. The number of aliphatic hydroxyl groups excluding tert-OH is 1. The molecule has 3 aromatic rings. The molecular weight excluding hydrogens is 324 g/mol. The van der Waals surface area contributed by atoms with Gasteiger partial charge in [-0.3, -0.25) is 9.79 Å². The molecule has 0 fully saturated rings. The Bertz CT molecular complexity index is 918. The first-order chi connectivity index (χ1) is 12.7. The van der Waals surface area contributed by atoms with Crippen molar-refractivity contribution >= 4 is 29.3 Å². The molecule has 0 aliphatic carbocycles. The van der Waals surface area contributed by atoms with Gasteiger partial charge in [-0.05, 0) is 24.3 Å². The van der Waals surface area contributed by atoms with Crippen molar-refractivity contribution in [3.63, 3.8) is 0 Å². The molecule has 0 heterocycles. The van der Waals surface area contributed by atoms with Gasteiger partial charge in [0.2, 0.25) is 0 Å². The highest BCUT2D eigenvalue weighted by molar-refractivity contribution is 6.22. The Labute approximate surface area is 152 Å². The van der Waals surface area contributed by atoms with Crippen molar-refractivity contribution in [3.05, 3.63) is 102 Å². The van der Waals surface area contributed by atoms with Crippen molar-refractivity contribution in [2.24, 2.45) is 4.99 Å². The van der Waals surface area contributed by atoms with Crippen LogP contribution in [-0.2, 0) is 4.79 Å². The molecule has 0 atom stereocenters. The highest BCUT2D eigenvalue weighted by Gasteiger charge is 2.15. The number of hydrogen-bond donors (Lipinski definition) is 2. The lowest BCUT2D eigenvalue weighted by molar-refractivity contribution is -0.112. The Morgan fingerprint density at radius 3 is 1.96 bits per heavy atom. The van der Waals surface area contributed by atoms with Crippen molar-refractivity contribution in [1.29, 1.82) is 0 Å². The van der Waals surface area contributed by atoms with E-state index < -0.39 is 5.91 Å². The molecule has 1 amide bonds. The number of hydrogen-bond acceptors (Lipinski definition) is 3. The third kappa shape index (κ3) is 4.45.